The molecule has 1 aromatic carbocycles. The molecule has 0 bridgehead atoms. The van der Waals surface area contributed by atoms with Gasteiger partial charge in [-0.1, -0.05) is 38.4 Å². The SMILES string of the molecule is CC(C)Cc1nc2c(cnn2[C@@H]2CCN(C3CS(=O)(=O)C3)C[C@H]2C)c(-c2ccc3c(c2)OCC(=O)N3Cc2ncc(Cl)cn2)c1C#N. The van der Waals surface area contributed by atoms with Gasteiger partial charge in [0.1, 0.15) is 17.6 Å². The molecule has 0 saturated carbocycles. The fraction of sp³-hybridized carbons (Fsp3) is 0.455. The van der Waals surface area contributed by atoms with Gasteiger partial charge in [-0.2, -0.15) is 10.4 Å². The molecule has 6 heterocycles. The predicted molar refractivity (Wildman–Crippen MR) is 177 cm³/mol. The van der Waals surface area contributed by atoms with Crippen LogP contribution in [-0.2, 0) is 27.6 Å². The van der Waals surface area contributed by atoms with E-state index < -0.39 is 9.84 Å². The first kappa shape index (κ1) is 31.5. The Balaban J connectivity index is 1.27. The van der Waals surface area contributed by atoms with Gasteiger partial charge in [0, 0.05) is 42.5 Å². The second-order valence-electron chi connectivity index (χ2n) is 13.2. The quantitative estimate of drug-likeness (QED) is 0.279. The van der Waals surface area contributed by atoms with Gasteiger partial charge in [0.15, 0.2) is 22.1 Å². The highest BCUT2D eigenvalue weighted by atomic mass is 35.5. The summed E-state index contributed by atoms with van der Waals surface area (Å²) in [7, 11) is -2.90. The molecule has 2 atom stereocenters. The number of ether oxygens (including phenoxy) is 1. The van der Waals surface area contributed by atoms with Crippen LogP contribution in [0.1, 0.15) is 50.3 Å². The number of likely N-dealkylation sites (tertiary alicyclic amines) is 1. The monoisotopic (exact) mass is 674 g/mol. The Labute approximate surface area is 278 Å². The van der Waals surface area contributed by atoms with Crippen LogP contribution >= 0.6 is 11.6 Å². The van der Waals surface area contributed by atoms with Crippen molar-refractivity contribution in [2.75, 3.05) is 36.1 Å². The molecule has 2 saturated heterocycles. The predicted octanol–water partition coefficient (Wildman–Crippen LogP) is 4.22. The third-order valence-corrected chi connectivity index (χ3v) is 11.3. The number of aromatic nitrogens is 5. The molecule has 7 rings (SSSR count). The van der Waals surface area contributed by atoms with Gasteiger partial charge in [0.05, 0.1) is 52.3 Å². The number of rotatable bonds is 7. The second kappa shape index (κ2) is 12.2. The van der Waals surface area contributed by atoms with Crippen molar-refractivity contribution in [3.63, 3.8) is 0 Å². The number of amides is 1. The maximum absolute atomic E-state index is 12.9. The van der Waals surface area contributed by atoms with Crippen LogP contribution in [0.3, 0.4) is 0 Å². The van der Waals surface area contributed by atoms with Crippen molar-refractivity contribution in [3.8, 4) is 22.9 Å². The molecule has 47 heavy (non-hydrogen) atoms. The number of halogens is 1. The lowest BCUT2D eigenvalue weighted by Gasteiger charge is -2.44. The summed E-state index contributed by atoms with van der Waals surface area (Å²) in [5.41, 5.74) is 4.03. The highest BCUT2D eigenvalue weighted by Crippen LogP contribution is 2.42. The van der Waals surface area contributed by atoms with Crippen LogP contribution in [0.25, 0.3) is 22.2 Å². The third kappa shape index (κ3) is 5.94. The average Bonchev–Trinajstić information content (AvgIpc) is 3.44. The number of piperidine rings is 1. The first-order chi connectivity index (χ1) is 22.5. The van der Waals surface area contributed by atoms with Gasteiger partial charge in [-0.25, -0.2) is 28.1 Å². The standard InChI is InChI=1S/C33H35ClN8O4S/c1-19(2)8-26-24(10-35)32(21-4-5-28-29(9-21)46-16-31(43)41(28)15-30-36-11-22(34)12-37-30)25-13-38-42(33(25)39-26)27-6-7-40(14-20(27)3)23-17-47(44,45)18-23/h4-5,9,11-13,19-20,23,27H,6-8,14-18H2,1-3H3/t20-,27-/m1/s1. The molecule has 1 amide bonds. The number of nitrogens with zero attached hydrogens (tertiary/aromatic N) is 8. The Morgan fingerprint density at radius 2 is 1.94 bits per heavy atom. The fourth-order valence-electron chi connectivity index (χ4n) is 7.01. The van der Waals surface area contributed by atoms with E-state index in [9.17, 15) is 18.5 Å². The Kier molecular flexibility index (Phi) is 8.14. The van der Waals surface area contributed by atoms with Gasteiger partial charge in [-0.05, 0) is 42.4 Å². The van der Waals surface area contributed by atoms with Gasteiger partial charge in [-0.15, -0.1) is 0 Å². The zero-order valence-corrected chi connectivity index (χ0v) is 28.0. The maximum Gasteiger partial charge on any atom is 0.265 e. The molecule has 14 heteroatoms. The second-order valence-corrected chi connectivity index (χ2v) is 15.8. The van der Waals surface area contributed by atoms with Crippen LogP contribution in [0.15, 0.2) is 36.8 Å². The number of carbonyl (C=O) groups excluding carboxylic acids is 1. The number of pyridine rings is 1. The summed E-state index contributed by atoms with van der Waals surface area (Å²) in [6.07, 6.45) is 6.22. The average molecular weight is 675 g/mol. The van der Waals surface area contributed by atoms with Crippen LogP contribution in [0.4, 0.5) is 5.69 Å². The van der Waals surface area contributed by atoms with Gasteiger partial charge < -0.3 is 4.74 Å². The fourth-order valence-corrected chi connectivity index (χ4v) is 8.60. The van der Waals surface area contributed by atoms with E-state index in [-0.39, 0.29) is 54.5 Å². The van der Waals surface area contributed by atoms with Crippen molar-refractivity contribution in [2.45, 2.75) is 52.2 Å². The smallest absolute Gasteiger partial charge is 0.265 e. The third-order valence-electron chi connectivity index (χ3n) is 9.31. The first-order valence-corrected chi connectivity index (χ1v) is 18.0. The lowest BCUT2D eigenvalue weighted by Crippen LogP contribution is -2.56. The highest BCUT2D eigenvalue weighted by molar-refractivity contribution is 7.92. The molecular weight excluding hydrogens is 640 g/mol. The van der Waals surface area contributed by atoms with E-state index >= 15 is 0 Å². The summed E-state index contributed by atoms with van der Waals surface area (Å²) in [5, 5.41) is 16.5. The number of benzene rings is 1. The molecule has 3 aliphatic heterocycles. The van der Waals surface area contributed by atoms with E-state index in [1.54, 1.807) is 11.1 Å². The minimum Gasteiger partial charge on any atom is -0.482 e. The van der Waals surface area contributed by atoms with Crippen LogP contribution in [0.2, 0.25) is 5.02 Å². The van der Waals surface area contributed by atoms with Gasteiger partial charge >= 0.3 is 0 Å². The van der Waals surface area contributed by atoms with Crippen molar-refractivity contribution < 1.29 is 17.9 Å². The minimum absolute atomic E-state index is 0.0714. The van der Waals surface area contributed by atoms with Crippen molar-refractivity contribution in [2.24, 2.45) is 11.8 Å². The number of hydrogen-bond donors (Lipinski definition) is 0. The van der Waals surface area contributed by atoms with Gasteiger partial charge in [-0.3, -0.25) is 14.6 Å². The summed E-state index contributed by atoms with van der Waals surface area (Å²) in [6.45, 7) is 7.98. The molecular formula is C33H35ClN8O4S. The van der Waals surface area contributed by atoms with Gasteiger partial charge in [0.25, 0.3) is 5.91 Å². The summed E-state index contributed by atoms with van der Waals surface area (Å²) in [4.78, 5) is 30.4. The summed E-state index contributed by atoms with van der Waals surface area (Å²) in [6, 6.07) is 8.21. The van der Waals surface area contributed by atoms with E-state index in [0.717, 1.165) is 41.7 Å². The highest BCUT2D eigenvalue weighted by Gasteiger charge is 2.41. The maximum atomic E-state index is 12.9. The zero-order valence-electron chi connectivity index (χ0n) is 26.4. The van der Waals surface area contributed by atoms with Crippen molar-refractivity contribution in [1.29, 1.82) is 5.26 Å². The van der Waals surface area contributed by atoms with Crippen LogP contribution in [0, 0.1) is 23.2 Å². The number of carbonyl (C=O) groups is 1. The molecule has 2 fully saturated rings. The Hall–Kier alpha value is -4.12. The Morgan fingerprint density at radius 3 is 2.62 bits per heavy atom. The topological polar surface area (TPSA) is 147 Å². The summed E-state index contributed by atoms with van der Waals surface area (Å²) < 4.78 is 31.6. The molecule has 0 unspecified atom stereocenters. The molecule has 0 N–H and O–H groups in total. The normalized spacial score (nSPS) is 21.4. The van der Waals surface area contributed by atoms with Gasteiger partial charge in [0.2, 0.25) is 0 Å². The molecule has 0 aliphatic carbocycles. The molecule has 0 radical (unpaired) electrons. The van der Waals surface area contributed by atoms with E-state index in [0.29, 0.717) is 40.0 Å². The van der Waals surface area contributed by atoms with E-state index in [2.05, 4.69) is 41.7 Å². The first-order valence-electron chi connectivity index (χ1n) is 15.8. The molecule has 0 spiro atoms. The van der Waals surface area contributed by atoms with Crippen molar-refractivity contribution in [1.82, 2.24) is 29.6 Å². The van der Waals surface area contributed by atoms with Crippen molar-refractivity contribution in [3.05, 3.63) is 58.9 Å². The van der Waals surface area contributed by atoms with E-state index in [4.69, 9.17) is 26.4 Å². The minimum atomic E-state index is -2.90. The molecule has 3 aliphatic rings. The van der Waals surface area contributed by atoms with Crippen LogP contribution in [-0.4, -0.2) is 81.2 Å². The summed E-state index contributed by atoms with van der Waals surface area (Å²) in [5.74, 6) is 1.70. The molecule has 12 nitrogen and oxygen atoms in total. The van der Waals surface area contributed by atoms with Crippen LogP contribution in [0.5, 0.6) is 5.75 Å². The van der Waals surface area contributed by atoms with E-state index in [1.807, 2.05) is 22.9 Å². The number of nitriles is 1. The molecule has 4 aromatic rings. The lowest BCUT2D eigenvalue weighted by atomic mass is 9.92. The number of fused-ring (bicyclic) bond motifs is 2. The molecule has 244 valence electrons. The Bertz CT molecular complexity index is 2010. The van der Waals surface area contributed by atoms with E-state index in [1.165, 1.54) is 12.4 Å². The number of hydrogen-bond acceptors (Lipinski definition) is 10. The summed E-state index contributed by atoms with van der Waals surface area (Å²) >= 11 is 5.95. The molecule has 3 aromatic heterocycles. The van der Waals surface area contributed by atoms with Crippen LogP contribution < -0.4 is 9.64 Å². The van der Waals surface area contributed by atoms with Crippen molar-refractivity contribution >= 4 is 44.1 Å². The largest absolute Gasteiger partial charge is 0.482 e. The Morgan fingerprint density at radius 1 is 1.17 bits per heavy atom. The number of sulfone groups is 1. The zero-order chi connectivity index (χ0) is 33.0. The lowest BCUT2D eigenvalue weighted by molar-refractivity contribution is -0.121. The number of anilines is 1.